The van der Waals surface area contributed by atoms with Gasteiger partial charge in [-0.2, -0.15) is 28.2 Å². The zero-order valence-electron chi connectivity index (χ0n) is 17.0. The van der Waals surface area contributed by atoms with Crippen LogP contribution in [-0.4, -0.2) is 22.5 Å². The Balaban J connectivity index is 1.82. The van der Waals surface area contributed by atoms with Crippen molar-refractivity contribution in [2.75, 3.05) is 6.61 Å². The van der Waals surface area contributed by atoms with E-state index in [1.165, 1.54) is 18.3 Å². The molecule has 4 rings (SSSR count). The summed E-state index contributed by atoms with van der Waals surface area (Å²) in [6.07, 6.45) is -3.15. The fourth-order valence-electron chi connectivity index (χ4n) is 3.14. The molecule has 0 spiro atoms. The molecule has 0 aliphatic carbocycles. The lowest BCUT2D eigenvalue weighted by molar-refractivity contribution is -0.137. The van der Waals surface area contributed by atoms with E-state index in [2.05, 4.69) is 10.1 Å². The molecule has 0 aliphatic rings. The molecule has 0 fully saturated rings. The van der Waals surface area contributed by atoms with Crippen LogP contribution >= 0.6 is 0 Å². The van der Waals surface area contributed by atoms with Gasteiger partial charge in [-0.25, -0.2) is 4.98 Å². The molecule has 0 unspecified atom stereocenters. The molecule has 1 aromatic heterocycles. The Morgan fingerprint density at radius 3 is 2.55 bits per heavy atom. The third-order valence-electron chi connectivity index (χ3n) is 4.71. The summed E-state index contributed by atoms with van der Waals surface area (Å²) in [5.74, 6) is 0.470. The molecule has 6 nitrogen and oxygen atoms in total. The lowest BCUT2D eigenvalue weighted by Gasteiger charge is -2.12. The molecule has 4 aromatic rings. The number of nitrogens with zero attached hydrogens (tertiary/aromatic N) is 4. The summed E-state index contributed by atoms with van der Waals surface area (Å²) in [6, 6.07) is 19.6. The van der Waals surface area contributed by atoms with Crippen LogP contribution in [0.5, 0.6) is 5.75 Å². The first-order valence-corrected chi connectivity index (χ1v) is 9.70. The maximum Gasteiger partial charge on any atom is 0.416 e. The monoisotopic (exact) mass is 448 g/mol. The van der Waals surface area contributed by atoms with Gasteiger partial charge in [-0.05, 0) is 54.1 Å². The largest absolute Gasteiger partial charge is 0.479 e. The van der Waals surface area contributed by atoms with Crippen molar-refractivity contribution < 1.29 is 17.9 Å². The average Bonchev–Trinajstić information content (AvgIpc) is 2.82. The molecule has 0 radical (unpaired) electrons. The maximum atomic E-state index is 13.2. The van der Waals surface area contributed by atoms with Crippen molar-refractivity contribution in [3.8, 4) is 23.2 Å². The highest BCUT2D eigenvalue weighted by Crippen LogP contribution is 2.31. The Morgan fingerprint density at radius 1 is 1.06 bits per heavy atom. The van der Waals surface area contributed by atoms with Crippen LogP contribution in [0, 0.1) is 11.3 Å². The lowest BCUT2D eigenvalue weighted by atomic mass is 10.1. The van der Waals surface area contributed by atoms with Crippen molar-refractivity contribution >= 4 is 17.1 Å². The SMILES string of the molecule is N#CCOc1ccc(C=Nn2c(-c3cccc(C(F)(F)F)c3)nc3ccccc3c2=O)cc1. The molecule has 0 N–H and O–H groups in total. The smallest absolute Gasteiger partial charge is 0.416 e. The van der Waals surface area contributed by atoms with Crippen LogP contribution < -0.4 is 10.3 Å². The van der Waals surface area contributed by atoms with E-state index in [1.807, 2.05) is 6.07 Å². The molecule has 9 heteroatoms. The van der Waals surface area contributed by atoms with E-state index in [9.17, 15) is 18.0 Å². The van der Waals surface area contributed by atoms with Crippen LogP contribution in [0.3, 0.4) is 0 Å². The molecular formula is C24H15F3N4O2. The highest BCUT2D eigenvalue weighted by Gasteiger charge is 2.30. The van der Waals surface area contributed by atoms with Crippen LogP contribution in [0.15, 0.2) is 82.7 Å². The second-order valence-electron chi connectivity index (χ2n) is 6.91. The number of nitriles is 1. The van der Waals surface area contributed by atoms with E-state index in [-0.39, 0.29) is 23.4 Å². The third-order valence-corrected chi connectivity index (χ3v) is 4.71. The van der Waals surface area contributed by atoms with Gasteiger partial charge in [0.2, 0.25) is 0 Å². The minimum Gasteiger partial charge on any atom is -0.479 e. The summed E-state index contributed by atoms with van der Waals surface area (Å²) in [6.45, 7) is -0.0913. The fraction of sp³-hybridized carbons (Fsp3) is 0.0833. The van der Waals surface area contributed by atoms with Crippen molar-refractivity contribution in [2.24, 2.45) is 5.10 Å². The number of alkyl halides is 3. The highest BCUT2D eigenvalue weighted by molar-refractivity contribution is 5.82. The molecule has 0 saturated carbocycles. The number of fused-ring (bicyclic) bond motifs is 1. The predicted octanol–water partition coefficient (Wildman–Crippen LogP) is 4.87. The molecule has 0 amide bonds. The third kappa shape index (κ3) is 4.75. The Labute approximate surface area is 185 Å². The first-order chi connectivity index (χ1) is 15.9. The van der Waals surface area contributed by atoms with Gasteiger partial charge in [0, 0.05) is 5.56 Å². The number of aromatic nitrogens is 2. The fourth-order valence-corrected chi connectivity index (χ4v) is 3.14. The number of rotatable bonds is 5. The van der Waals surface area contributed by atoms with Crippen LogP contribution in [0.4, 0.5) is 13.2 Å². The van der Waals surface area contributed by atoms with Gasteiger partial charge in [-0.1, -0.05) is 24.3 Å². The number of hydrogen-bond donors (Lipinski definition) is 0. The number of benzene rings is 3. The van der Waals surface area contributed by atoms with Gasteiger partial charge in [0.1, 0.15) is 11.8 Å². The number of para-hydroxylation sites is 1. The number of ether oxygens (including phenoxy) is 1. The number of halogens is 3. The van der Waals surface area contributed by atoms with Gasteiger partial charge in [0.15, 0.2) is 12.4 Å². The van der Waals surface area contributed by atoms with Crippen molar-refractivity contribution in [1.82, 2.24) is 9.66 Å². The first-order valence-electron chi connectivity index (χ1n) is 9.70. The van der Waals surface area contributed by atoms with E-state index >= 15 is 0 Å². The molecule has 0 bridgehead atoms. The van der Waals surface area contributed by atoms with Crippen LogP contribution in [-0.2, 0) is 6.18 Å². The van der Waals surface area contributed by atoms with Gasteiger partial charge < -0.3 is 4.74 Å². The maximum absolute atomic E-state index is 13.2. The van der Waals surface area contributed by atoms with Crippen LogP contribution in [0.2, 0.25) is 0 Å². The Hall–Kier alpha value is -4.45. The van der Waals surface area contributed by atoms with Gasteiger partial charge in [-0.3, -0.25) is 4.79 Å². The summed E-state index contributed by atoms with van der Waals surface area (Å²) >= 11 is 0. The van der Waals surface area contributed by atoms with Crippen molar-refractivity contribution in [1.29, 1.82) is 5.26 Å². The average molecular weight is 448 g/mol. The number of hydrogen-bond acceptors (Lipinski definition) is 5. The van der Waals surface area contributed by atoms with E-state index in [0.29, 0.717) is 16.8 Å². The molecule has 3 aromatic carbocycles. The van der Waals surface area contributed by atoms with E-state index in [1.54, 1.807) is 48.5 Å². The standard InChI is InChI=1S/C24H15F3N4O2/c25-24(26,27)18-5-3-4-17(14-18)22-30-21-7-2-1-6-20(21)23(32)31(22)29-15-16-8-10-19(11-9-16)33-13-12-28/h1-11,14-15H,13H2. The normalized spacial score (nSPS) is 11.6. The highest BCUT2D eigenvalue weighted by atomic mass is 19.4. The summed E-state index contributed by atoms with van der Waals surface area (Å²) < 4.78 is 45.9. The second kappa shape index (κ2) is 8.96. The minimum atomic E-state index is -4.55. The van der Waals surface area contributed by atoms with Gasteiger partial charge in [0.25, 0.3) is 5.56 Å². The summed E-state index contributed by atoms with van der Waals surface area (Å²) in [5, 5.41) is 13.1. The topological polar surface area (TPSA) is 80.3 Å². The lowest BCUT2D eigenvalue weighted by Crippen LogP contribution is -2.20. The minimum absolute atomic E-state index is 0.0185. The van der Waals surface area contributed by atoms with E-state index in [0.717, 1.165) is 16.8 Å². The van der Waals surface area contributed by atoms with Crippen molar-refractivity contribution in [3.05, 3.63) is 94.3 Å². The zero-order valence-corrected chi connectivity index (χ0v) is 17.0. The molecule has 0 aliphatic heterocycles. The first kappa shape index (κ1) is 21.8. The Morgan fingerprint density at radius 2 is 1.82 bits per heavy atom. The molecule has 164 valence electrons. The van der Waals surface area contributed by atoms with Gasteiger partial charge in [0.05, 0.1) is 22.7 Å². The van der Waals surface area contributed by atoms with Gasteiger partial charge in [-0.15, -0.1) is 0 Å². The van der Waals surface area contributed by atoms with Crippen LogP contribution in [0.25, 0.3) is 22.3 Å². The van der Waals surface area contributed by atoms with Gasteiger partial charge >= 0.3 is 6.18 Å². The molecule has 0 saturated heterocycles. The molecular weight excluding hydrogens is 433 g/mol. The van der Waals surface area contributed by atoms with Crippen molar-refractivity contribution in [3.63, 3.8) is 0 Å². The second-order valence-corrected chi connectivity index (χ2v) is 6.91. The Bertz CT molecular complexity index is 1440. The summed E-state index contributed by atoms with van der Waals surface area (Å²) in [7, 11) is 0. The molecule has 0 atom stereocenters. The molecule has 33 heavy (non-hydrogen) atoms. The quantitative estimate of drug-likeness (QED) is 0.408. The van der Waals surface area contributed by atoms with E-state index in [4.69, 9.17) is 10.00 Å². The predicted molar refractivity (Wildman–Crippen MR) is 117 cm³/mol. The van der Waals surface area contributed by atoms with Crippen molar-refractivity contribution in [2.45, 2.75) is 6.18 Å². The zero-order chi connectivity index (χ0) is 23.4. The van der Waals surface area contributed by atoms with E-state index < -0.39 is 17.3 Å². The Kier molecular flexibility index (Phi) is 5.91. The summed E-state index contributed by atoms with van der Waals surface area (Å²) in [5.41, 5.74) is -0.316. The summed E-state index contributed by atoms with van der Waals surface area (Å²) in [4.78, 5) is 17.6. The molecule has 1 heterocycles. The van der Waals surface area contributed by atoms with Crippen LogP contribution in [0.1, 0.15) is 11.1 Å².